The first-order valence-corrected chi connectivity index (χ1v) is 7.84. The zero-order valence-electron chi connectivity index (χ0n) is 14.0. The molecule has 0 radical (unpaired) electrons. The monoisotopic (exact) mass is 386 g/mol. The van der Waals surface area contributed by atoms with Crippen molar-refractivity contribution < 1.29 is 27.2 Å². The third-order valence-electron chi connectivity index (χ3n) is 5.17. The Kier molecular flexibility index (Phi) is 4.15. The van der Waals surface area contributed by atoms with Gasteiger partial charge in [0.15, 0.2) is 6.10 Å². The number of ether oxygens (including phenoxy) is 1. The van der Waals surface area contributed by atoms with Gasteiger partial charge >= 0.3 is 6.18 Å². The van der Waals surface area contributed by atoms with E-state index >= 15 is 0 Å². The number of amidine groups is 1. The molecule has 7 nitrogen and oxygen atoms in total. The maximum atomic E-state index is 14.5. The van der Waals surface area contributed by atoms with Crippen LogP contribution in [-0.2, 0) is 10.3 Å². The van der Waals surface area contributed by atoms with Gasteiger partial charge in [0.25, 0.3) is 5.69 Å². The highest BCUT2D eigenvalue weighted by Crippen LogP contribution is 2.55. The van der Waals surface area contributed by atoms with Crippen molar-refractivity contribution in [3.05, 3.63) is 39.7 Å². The minimum atomic E-state index is -4.79. The molecular formula is C16H14F4N4O3. The molecule has 27 heavy (non-hydrogen) atoms. The number of nitro groups is 1. The highest BCUT2D eigenvalue weighted by atomic mass is 19.4. The molecule has 2 aliphatic heterocycles. The third-order valence-corrected chi connectivity index (χ3v) is 5.17. The number of hydrogen-bond acceptors (Lipinski definition) is 6. The second-order valence-electron chi connectivity index (χ2n) is 6.87. The number of nitrogens with two attached hydrogens (primary N) is 1. The molecule has 1 unspecified atom stereocenters. The van der Waals surface area contributed by atoms with Gasteiger partial charge in [0, 0.05) is 23.6 Å². The Bertz CT molecular complexity index is 881. The molecule has 1 saturated heterocycles. The molecule has 2 heterocycles. The lowest BCUT2D eigenvalue weighted by molar-refractivity contribution is -0.385. The number of non-ortho nitro benzene ring substituents is 1. The van der Waals surface area contributed by atoms with Crippen molar-refractivity contribution in [3.8, 4) is 6.07 Å². The minimum Gasteiger partial charge on any atom is -0.386 e. The van der Waals surface area contributed by atoms with E-state index in [1.807, 2.05) is 6.07 Å². The zero-order chi connectivity index (χ0) is 20.2. The largest absolute Gasteiger partial charge is 0.415 e. The van der Waals surface area contributed by atoms with Crippen LogP contribution in [-0.4, -0.2) is 29.6 Å². The van der Waals surface area contributed by atoms with E-state index in [9.17, 15) is 32.9 Å². The lowest BCUT2D eigenvalue weighted by Crippen LogP contribution is -2.51. The van der Waals surface area contributed by atoms with Crippen LogP contribution in [0.25, 0.3) is 0 Å². The maximum absolute atomic E-state index is 14.5. The van der Waals surface area contributed by atoms with Crippen LogP contribution in [0.3, 0.4) is 0 Å². The van der Waals surface area contributed by atoms with Crippen LogP contribution >= 0.6 is 0 Å². The molecule has 11 heteroatoms. The van der Waals surface area contributed by atoms with Gasteiger partial charge in [0.05, 0.1) is 17.6 Å². The molecule has 3 rings (SSSR count). The molecule has 0 saturated carbocycles. The Morgan fingerprint density at radius 3 is 2.70 bits per heavy atom. The fourth-order valence-electron chi connectivity index (χ4n) is 3.69. The summed E-state index contributed by atoms with van der Waals surface area (Å²) in [6, 6.07) is 4.39. The van der Waals surface area contributed by atoms with Crippen molar-refractivity contribution in [2.24, 2.45) is 22.1 Å². The standard InChI is InChI=1S/C16H14F4N4O3/c1-14(6-21)5-10-12(16(18,19)20)27-7-15(10,23-13(14)22)9-4-8(24(25)26)2-3-11(9)17/h2-4,10,12H,5,7H2,1H3,(H2,22,23)/t10-,12+,14?,15-/m1/s1. The van der Waals surface area contributed by atoms with Crippen LogP contribution in [0.4, 0.5) is 23.2 Å². The highest BCUT2D eigenvalue weighted by Gasteiger charge is 2.64. The quantitative estimate of drug-likeness (QED) is 0.477. The summed E-state index contributed by atoms with van der Waals surface area (Å²) >= 11 is 0. The van der Waals surface area contributed by atoms with E-state index in [0.717, 1.165) is 18.2 Å². The molecule has 0 aliphatic carbocycles. The van der Waals surface area contributed by atoms with E-state index in [1.54, 1.807) is 0 Å². The van der Waals surface area contributed by atoms with E-state index in [0.29, 0.717) is 0 Å². The van der Waals surface area contributed by atoms with Gasteiger partial charge in [-0.15, -0.1) is 0 Å². The third kappa shape index (κ3) is 2.80. The second kappa shape index (κ2) is 5.88. The second-order valence-corrected chi connectivity index (χ2v) is 6.87. The number of hydrogen-bond donors (Lipinski definition) is 1. The number of halogens is 4. The van der Waals surface area contributed by atoms with Crippen molar-refractivity contribution in [3.63, 3.8) is 0 Å². The molecule has 144 valence electrons. The summed E-state index contributed by atoms with van der Waals surface area (Å²) < 4.78 is 59.9. The predicted molar refractivity (Wildman–Crippen MR) is 84.0 cm³/mol. The van der Waals surface area contributed by atoms with E-state index in [-0.39, 0.29) is 12.3 Å². The number of aliphatic imine (C=N–C) groups is 1. The lowest BCUT2D eigenvalue weighted by Gasteiger charge is -2.41. The molecule has 2 N–H and O–H groups in total. The summed E-state index contributed by atoms with van der Waals surface area (Å²) in [7, 11) is 0. The summed E-state index contributed by atoms with van der Waals surface area (Å²) in [6.45, 7) is 0.674. The minimum absolute atomic E-state index is 0.265. The van der Waals surface area contributed by atoms with Gasteiger partial charge in [-0.1, -0.05) is 0 Å². The Labute approximate surface area is 150 Å². The van der Waals surface area contributed by atoms with E-state index in [4.69, 9.17) is 10.5 Å². The van der Waals surface area contributed by atoms with Crippen LogP contribution in [0.5, 0.6) is 0 Å². The molecule has 0 spiro atoms. The normalized spacial score (nSPS) is 33.1. The van der Waals surface area contributed by atoms with Crippen molar-refractivity contribution in [1.29, 1.82) is 5.26 Å². The molecule has 0 aromatic heterocycles. The topological polar surface area (TPSA) is 115 Å². The summed E-state index contributed by atoms with van der Waals surface area (Å²) in [6.07, 6.45) is -7.48. The van der Waals surface area contributed by atoms with Crippen LogP contribution in [0, 0.1) is 38.6 Å². The van der Waals surface area contributed by atoms with Gasteiger partial charge < -0.3 is 10.5 Å². The summed E-state index contributed by atoms with van der Waals surface area (Å²) in [5, 5.41) is 20.4. The smallest absolute Gasteiger partial charge is 0.386 e. The maximum Gasteiger partial charge on any atom is 0.415 e. The van der Waals surface area contributed by atoms with Crippen LogP contribution < -0.4 is 5.73 Å². The van der Waals surface area contributed by atoms with Gasteiger partial charge in [0.1, 0.15) is 22.6 Å². The predicted octanol–water partition coefficient (Wildman–Crippen LogP) is 2.80. The van der Waals surface area contributed by atoms with Crippen molar-refractivity contribution in [1.82, 2.24) is 0 Å². The Balaban J connectivity index is 2.26. The zero-order valence-corrected chi connectivity index (χ0v) is 14.0. The summed E-state index contributed by atoms with van der Waals surface area (Å²) in [5.41, 5.74) is 1.53. The van der Waals surface area contributed by atoms with E-state index < -0.39 is 57.8 Å². The Hall–Kier alpha value is -2.74. The molecule has 0 amide bonds. The molecule has 1 aromatic carbocycles. The van der Waals surface area contributed by atoms with Crippen molar-refractivity contribution in [2.45, 2.75) is 31.2 Å². The first-order valence-electron chi connectivity index (χ1n) is 7.84. The average Bonchev–Trinajstić information content (AvgIpc) is 2.94. The Morgan fingerprint density at radius 2 is 2.15 bits per heavy atom. The van der Waals surface area contributed by atoms with Crippen LogP contribution in [0.2, 0.25) is 0 Å². The molecule has 1 aromatic rings. The molecular weight excluding hydrogens is 372 g/mol. The SMILES string of the molecule is CC1(C#N)C[C@@H]2[C@@H](C(F)(F)F)OC[C@]2(c2cc([N+](=O)[O-])ccc2F)N=C1N. The first-order chi connectivity index (χ1) is 12.4. The van der Waals surface area contributed by atoms with Crippen LogP contribution in [0.1, 0.15) is 18.9 Å². The van der Waals surface area contributed by atoms with Crippen molar-refractivity contribution >= 4 is 11.5 Å². The number of alkyl halides is 3. The van der Waals surface area contributed by atoms with Gasteiger partial charge in [-0.2, -0.15) is 18.4 Å². The fourth-order valence-corrected chi connectivity index (χ4v) is 3.69. The van der Waals surface area contributed by atoms with Gasteiger partial charge in [-0.3, -0.25) is 15.1 Å². The lowest BCUT2D eigenvalue weighted by atomic mass is 9.66. The highest BCUT2D eigenvalue weighted by molar-refractivity contribution is 5.90. The number of nitriles is 1. The number of rotatable bonds is 2. The van der Waals surface area contributed by atoms with Gasteiger partial charge in [-0.25, -0.2) is 4.39 Å². The molecule has 0 bridgehead atoms. The van der Waals surface area contributed by atoms with Gasteiger partial charge in [0.2, 0.25) is 0 Å². The molecule has 4 atom stereocenters. The van der Waals surface area contributed by atoms with Crippen LogP contribution in [0.15, 0.2) is 23.2 Å². The first kappa shape index (κ1) is 19.0. The van der Waals surface area contributed by atoms with E-state index in [1.165, 1.54) is 6.92 Å². The van der Waals surface area contributed by atoms with E-state index in [2.05, 4.69) is 4.99 Å². The number of nitro benzene ring substituents is 1. The average molecular weight is 386 g/mol. The summed E-state index contributed by atoms with van der Waals surface area (Å²) in [5.74, 6) is -2.70. The number of fused-ring (bicyclic) bond motifs is 1. The van der Waals surface area contributed by atoms with Crippen molar-refractivity contribution in [2.75, 3.05) is 6.61 Å². The molecule has 1 fully saturated rings. The van der Waals surface area contributed by atoms with Gasteiger partial charge in [-0.05, 0) is 19.4 Å². The molecule has 2 aliphatic rings. The number of nitrogens with zero attached hydrogens (tertiary/aromatic N) is 3. The fraction of sp³-hybridized carbons (Fsp3) is 0.500. The number of benzene rings is 1. The summed E-state index contributed by atoms with van der Waals surface area (Å²) in [4.78, 5) is 14.3. The Morgan fingerprint density at radius 1 is 1.48 bits per heavy atom.